The van der Waals surface area contributed by atoms with Gasteiger partial charge in [0.25, 0.3) is 5.91 Å². The maximum absolute atomic E-state index is 12.0. The molecule has 0 aliphatic rings. The fraction of sp³-hybridized carbons (Fsp3) is 0.0667. The molecule has 6 heteroatoms. The van der Waals surface area contributed by atoms with E-state index in [1.54, 1.807) is 37.3 Å². The number of phenols is 1. The highest BCUT2D eigenvalue weighted by molar-refractivity contribution is 6.36. The molecule has 0 atom stereocenters. The van der Waals surface area contributed by atoms with Crippen molar-refractivity contribution in [3.05, 3.63) is 63.6 Å². The number of para-hydroxylation sites is 1. The van der Waals surface area contributed by atoms with Crippen molar-refractivity contribution in [2.45, 2.75) is 6.92 Å². The minimum Gasteiger partial charge on any atom is -0.507 e. The number of carbonyl (C=O) groups excluding carboxylic acids is 1. The Morgan fingerprint density at radius 3 is 2.52 bits per heavy atom. The molecule has 1 amide bonds. The second-order valence-electron chi connectivity index (χ2n) is 4.28. The molecule has 108 valence electrons. The van der Waals surface area contributed by atoms with Crippen LogP contribution in [0.15, 0.2) is 47.6 Å². The lowest BCUT2D eigenvalue weighted by atomic mass is 10.1. The maximum atomic E-state index is 12.0. The topological polar surface area (TPSA) is 61.7 Å². The van der Waals surface area contributed by atoms with E-state index in [1.165, 1.54) is 12.1 Å². The van der Waals surface area contributed by atoms with Crippen LogP contribution in [0.2, 0.25) is 10.0 Å². The Kier molecular flexibility index (Phi) is 4.83. The van der Waals surface area contributed by atoms with Gasteiger partial charge in [-0.1, -0.05) is 35.3 Å². The smallest absolute Gasteiger partial charge is 0.272 e. The number of benzene rings is 2. The van der Waals surface area contributed by atoms with Gasteiger partial charge in [-0.05, 0) is 37.3 Å². The van der Waals surface area contributed by atoms with Crippen molar-refractivity contribution in [1.29, 1.82) is 0 Å². The summed E-state index contributed by atoms with van der Waals surface area (Å²) in [5, 5.41) is 14.4. The predicted molar refractivity (Wildman–Crippen MR) is 84.2 cm³/mol. The first-order chi connectivity index (χ1) is 9.99. The third-order valence-electron chi connectivity index (χ3n) is 2.79. The van der Waals surface area contributed by atoms with E-state index in [9.17, 15) is 9.90 Å². The Morgan fingerprint density at radius 1 is 1.14 bits per heavy atom. The first-order valence-electron chi connectivity index (χ1n) is 6.07. The summed E-state index contributed by atoms with van der Waals surface area (Å²) in [5.74, 6) is -0.357. The number of amides is 1. The number of halogens is 2. The summed E-state index contributed by atoms with van der Waals surface area (Å²) in [6, 6.07) is 11.3. The molecule has 2 N–H and O–H groups in total. The van der Waals surface area contributed by atoms with E-state index in [2.05, 4.69) is 10.5 Å². The molecule has 0 fully saturated rings. The van der Waals surface area contributed by atoms with Crippen LogP contribution in [0.1, 0.15) is 22.8 Å². The number of aromatic hydroxyl groups is 1. The van der Waals surface area contributed by atoms with Gasteiger partial charge in [0.05, 0.1) is 16.3 Å². The molecule has 0 radical (unpaired) electrons. The van der Waals surface area contributed by atoms with E-state index >= 15 is 0 Å². The van der Waals surface area contributed by atoms with Crippen molar-refractivity contribution < 1.29 is 9.90 Å². The fourth-order valence-electron chi connectivity index (χ4n) is 1.71. The van der Waals surface area contributed by atoms with Crippen LogP contribution in [0.4, 0.5) is 0 Å². The summed E-state index contributed by atoms with van der Waals surface area (Å²) in [4.78, 5) is 12.0. The van der Waals surface area contributed by atoms with E-state index in [0.717, 1.165) is 0 Å². The van der Waals surface area contributed by atoms with Gasteiger partial charge in [-0.15, -0.1) is 0 Å². The van der Waals surface area contributed by atoms with Crippen LogP contribution in [0.3, 0.4) is 0 Å². The molecular weight excluding hydrogens is 311 g/mol. The summed E-state index contributed by atoms with van der Waals surface area (Å²) >= 11 is 11.7. The van der Waals surface area contributed by atoms with Crippen LogP contribution in [0.25, 0.3) is 0 Å². The van der Waals surface area contributed by atoms with E-state index < -0.39 is 5.91 Å². The van der Waals surface area contributed by atoms with E-state index in [1.807, 2.05) is 0 Å². The third kappa shape index (κ3) is 3.74. The molecule has 0 heterocycles. The molecule has 0 aliphatic carbocycles. The number of hydrogen-bond acceptors (Lipinski definition) is 3. The maximum Gasteiger partial charge on any atom is 0.272 e. The summed E-state index contributed by atoms with van der Waals surface area (Å²) in [6.45, 7) is 1.68. The van der Waals surface area contributed by atoms with Gasteiger partial charge >= 0.3 is 0 Å². The van der Waals surface area contributed by atoms with Gasteiger partial charge in [-0.2, -0.15) is 5.10 Å². The lowest BCUT2D eigenvalue weighted by Crippen LogP contribution is -2.19. The van der Waals surface area contributed by atoms with Gasteiger partial charge in [-0.25, -0.2) is 5.43 Å². The molecule has 0 spiro atoms. The number of rotatable bonds is 3. The zero-order chi connectivity index (χ0) is 15.4. The third-order valence-corrected chi connectivity index (χ3v) is 3.34. The van der Waals surface area contributed by atoms with Crippen molar-refractivity contribution in [1.82, 2.24) is 5.43 Å². The Hall–Kier alpha value is -2.04. The SMILES string of the molecule is CC(=NNC(=O)c1ccc(Cl)cc1Cl)c1ccccc1O. The molecule has 21 heavy (non-hydrogen) atoms. The normalized spacial score (nSPS) is 11.3. The first kappa shape index (κ1) is 15.4. The van der Waals surface area contributed by atoms with Gasteiger partial charge in [0.15, 0.2) is 0 Å². The molecule has 2 aromatic carbocycles. The summed E-state index contributed by atoms with van der Waals surface area (Å²) in [6.07, 6.45) is 0. The molecule has 2 rings (SSSR count). The lowest BCUT2D eigenvalue weighted by molar-refractivity contribution is 0.0955. The first-order valence-corrected chi connectivity index (χ1v) is 6.82. The Balaban J connectivity index is 2.17. The lowest BCUT2D eigenvalue weighted by Gasteiger charge is -2.06. The molecule has 0 bridgehead atoms. The molecule has 0 saturated carbocycles. The van der Waals surface area contributed by atoms with Crippen LogP contribution in [0, 0.1) is 0 Å². The average Bonchev–Trinajstić information content (AvgIpc) is 2.45. The van der Waals surface area contributed by atoms with Crippen LogP contribution in [-0.4, -0.2) is 16.7 Å². The van der Waals surface area contributed by atoms with E-state index in [4.69, 9.17) is 23.2 Å². The van der Waals surface area contributed by atoms with Crippen LogP contribution < -0.4 is 5.43 Å². The molecule has 0 unspecified atom stereocenters. The van der Waals surface area contributed by atoms with Crippen LogP contribution in [-0.2, 0) is 0 Å². The molecular formula is C15H12Cl2N2O2. The molecule has 4 nitrogen and oxygen atoms in total. The van der Waals surface area contributed by atoms with Gasteiger partial charge < -0.3 is 5.11 Å². The Bertz CT molecular complexity index is 715. The zero-order valence-corrected chi connectivity index (χ0v) is 12.6. The standard InChI is InChI=1S/C15H12Cl2N2O2/c1-9(11-4-2-3-5-14(11)20)18-19-15(21)12-7-6-10(16)8-13(12)17/h2-8,20H,1H3,(H,19,21). The Morgan fingerprint density at radius 2 is 1.86 bits per heavy atom. The number of nitrogens with one attached hydrogen (secondary N) is 1. The van der Waals surface area contributed by atoms with Crippen LogP contribution >= 0.6 is 23.2 Å². The monoisotopic (exact) mass is 322 g/mol. The number of hydrogen-bond donors (Lipinski definition) is 2. The quantitative estimate of drug-likeness (QED) is 0.666. The summed E-state index contributed by atoms with van der Waals surface area (Å²) in [7, 11) is 0. The second kappa shape index (κ2) is 6.61. The second-order valence-corrected chi connectivity index (χ2v) is 5.12. The van der Waals surface area contributed by atoms with Crippen molar-refractivity contribution in [3.63, 3.8) is 0 Å². The van der Waals surface area contributed by atoms with E-state index in [0.29, 0.717) is 16.3 Å². The van der Waals surface area contributed by atoms with Gasteiger partial charge in [0.1, 0.15) is 5.75 Å². The minimum absolute atomic E-state index is 0.0949. The number of carbonyl (C=O) groups is 1. The van der Waals surface area contributed by atoms with Crippen molar-refractivity contribution in [2.75, 3.05) is 0 Å². The average molecular weight is 323 g/mol. The molecule has 0 aromatic heterocycles. The van der Waals surface area contributed by atoms with Gasteiger partial charge in [-0.3, -0.25) is 4.79 Å². The molecule has 0 aliphatic heterocycles. The van der Waals surface area contributed by atoms with Crippen LogP contribution in [0.5, 0.6) is 5.75 Å². The highest BCUT2D eigenvalue weighted by Crippen LogP contribution is 2.21. The minimum atomic E-state index is -0.452. The zero-order valence-electron chi connectivity index (χ0n) is 11.1. The summed E-state index contributed by atoms with van der Waals surface area (Å²) < 4.78 is 0. The largest absolute Gasteiger partial charge is 0.507 e. The number of phenolic OH excluding ortho intramolecular Hbond substituents is 1. The molecule has 2 aromatic rings. The summed E-state index contributed by atoms with van der Waals surface area (Å²) in [5.41, 5.74) is 3.69. The van der Waals surface area contributed by atoms with Crippen molar-refractivity contribution in [2.24, 2.45) is 5.10 Å². The highest BCUT2D eigenvalue weighted by atomic mass is 35.5. The predicted octanol–water partition coefficient (Wildman–Crippen LogP) is 3.85. The number of nitrogens with zero attached hydrogens (tertiary/aromatic N) is 1. The van der Waals surface area contributed by atoms with Gasteiger partial charge in [0, 0.05) is 10.6 Å². The van der Waals surface area contributed by atoms with Crippen molar-refractivity contribution >= 4 is 34.8 Å². The Labute approximate surface area is 132 Å². The van der Waals surface area contributed by atoms with Crippen molar-refractivity contribution in [3.8, 4) is 5.75 Å². The number of hydrazone groups is 1. The molecule has 0 saturated heterocycles. The fourth-order valence-corrected chi connectivity index (χ4v) is 2.20. The van der Waals surface area contributed by atoms with Gasteiger partial charge in [0.2, 0.25) is 0 Å². The van der Waals surface area contributed by atoms with E-state index in [-0.39, 0.29) is 16.3 Å². The highest BCUT2D eigenvalue weighted by Gasteiger charge is 2.10.